The highest BCUT2D eigenvalue weighted by Gasteiger charge is 2.20. The average molecular weight is 413 g/mol. The van der Waals surface area contributed by atoms with Crippen molar-refractivity contribution in [2.24, 2.45) is 0 Å². The molecule has 3 heterocycles. The van der Waals surface area contributed by atoms with Crippen LogP contribution in [0.15, 0.2) is 48.9 Å². The first kappa shape index (κ1) is 19.1. The molecule has 0 aliphatic carbocycles. The molecular weight excluding hydrogens is 395 g/mol. The zero-order valence-electron chi connectivity index (χ0n) is 15.8. The Bertz CT molecular complexity index is 1190. The molecule has 2 N–H and O–H groups in total. The normalized spacial score (nSPS) is 11.7. The molecular formula is C20H18ClFN6O. The van der Waals surface area contributed by atoms with Crippen LogP contribution >= 0.6 is 11.6 Å². The predicted molar refractivity (Wildman–Crippen MR) is 110 cm³/mol. The first-order valence-corrected chi connectivity index (χ1v) is 9.30. The van der Waals surface area contributed by atoms with E-state index in [1.54, 1.807) is 47.4 Å². The fourth-order valence-corrected chi connectivity index (χ4v) is 3.22. The maximum Gasteiger partial charge on any atom is 0.257 e. The number of aromatic amines is 1. The fraction of sp³-hybridized carbons (Fsp3) is 0.200. The number of carbonyl (C=O) groups is 1. The van der Waals surface area contributed by atoms with Crippen molar-refractivity contribution in [3.8, 4) is 11.4 Å². The monoisotopic (exact) mass is 412 g/mol. The first-order chi connectivity index (χ1) is 13.8. The van der Waals surface area contributed by atoms with Gasteiger partial charge in [-0.05, 0) is 32.0 Å². The lowest BCUT2D eigenvalue weighted by atomic mass is 10.1. The minimum Gasteiger partial charge on any atom is -0.319 e. The first-order valence-electron chi connectivity index (χ1n) is 8.92. The molecule has 4 rings (SSSR count). The van der Waals surface area contributed by atoms with Crippen molar-refractivity contribution in [1.82, 2.24) is 25.0 Å². The number of fused-ring (bicyclic) bond motifs is 1. The van der Waals surface area contributed by atoms with Crippen molar-refractivity contribution in [2.75, 3.05) is 5.32 Å². The molecule has 1 amide bonds. The van der Waals surface area contributed by atoms with Crippen molar-refractivity contribution >= 4 is 34.1 Å². The van der Waals surface area contributed by atoms with Crippen LogP contribution in [0.3, 0.4) is 0 Å². The van der Waals surface area contributed by atoms with Gasteiger partial charge in [0.1, 0.15) is 11.4 Å². The average Bonchev–Trinajstić information content (AvgIpc) is 3.27. The number of benzene rings is 1. The number of pyridine rings is 1. The summed E-state index contributed by atoms with van der Waals surface area (Å²) >= 11 is 6.10. The Hall–Kier alpha value is -3.26. The molecule has 1 aromatic carbocycles. The second-order valence-electron chi connectivity index (χ2n) is 7.24. The summed E-state index contributed by atoms with van der Waals surface area (Å²) in [5.41, 5.74) is 1.21. The highest BCUT2D eigenvalue weighted by atomic mass is 35.5. The molecule has 0 bridgehead atoms. The molecule has 0 aliphatic rings. The van der Waals surface area contributed by atoms with Crippen LogP contribution in [-0.4, -0.2) is 36.5 Å². The van der Waals surface area contributed by atoms with Gasteiger partial charge in [0.2, 0.25) is 0 Å². The van der Waals surface area contributed by atoms with E-state index in [-0.39, 0.29) is 12.5 Å². The van der Waals surface area contributed by atoms with Crippen LogP contribution in [0, 0.1) is 0 Å². The van der Waals surface area contributed by atoms with E-state index >= 15 is 0 Å². The molecule has 29 heavy (non-hydrogen) atoms. The molecule has 3 aromatic heterocycles. The maximum absolute atomic E-state index is 14.1. The number of H-pyrrole nitrogens is 1. The molecule has 0 fully saturated rings. The largest absolute Gasteiger partial charge is 0.319 e. The number of amides is 1. The van der Waals surface area contributed by atoms with Crippen LogP contribution in [0.2, 0.25) is 5.02 Å². The third-order valence-corrected chi connectivity index (χ3v) is 4.64. The summed E-state index contributed by atoms with van der Waals surface area (Å²) in [7, 11) is 0. The van der Waals surface area contributed by atoms with Gasteiger partial charge in [0.15, 0.2) is 0 Å². The Morgan fingerprint density at radius 2 is 2.07 bits per heavy atom. The Kier molecular flexibility index (Phi) is 4.79. The van der Waals surface area contributed by atoms with E-state index < -0.39 is 5.67 Å². The van der Waals surface area contributed by atoms with Crippen molar-refractivity contribution in [2.45, 2.75) is 26.1 Å². The van der Waals surface area contributed by atoms with E-state index in [4.69, 9.17) is 11.6 Å². The van der Waals surface area contributed by atoms with Gasteiger partial charge < -0.3 is 5.32 Å². The number of rotatable bonds is 5. The summed E-state index contributed by atoms with van der Waals surface area (Å²) in [6, 6.07) is 8.56. The standard InChI is InChI=1S/C20H18ClFN6O/c1-20(2,22)11-28-17-7-15(23-8-12(17)9-25-28)18-16(10-24-27-18)26-19(29)13-5-3-4-6-14(13)21/h3-10H,11H2,1-2H3,(H,24,27)(H,26,29). The molecule has 0 atom stereocenters. The van der Waals surface area contributed by atoms with Gasteiger partial charge in [0, 0.05) is 11.6 Å². The number of anilines is 1. The van der Waals surface area contributed by atoms with Crippen LogP contribution in [0.1, 0.15) is 24.2 Å². The maximum atomic E-state index is 14.1. The van der Waals surface area contributed by atoms with Gasteiger partial charge in [-0.2, -0.15) is 10.2 Å². The summed E-state index contributed by atoms with van der Waals surface area (Å²) in [6.45, 7) is 3.11. The minimum atomic E-state index is -1.41. The highest BCUT2D eigenvalue weighted by molar-refractivity contribution is 6.34. The molecule has 0 saturated carbocycles. The van der Waals surface area contributed by atoms with Gasteiger partial charge in [0.25, 0.3) is 5.91 Å². The lowest BCUT2D eigenvalue weighted by Crippen LogP contribution is -2.21. The number of nitrogens with one attached hydrogen (secondary N) is 2. The van der Waals surface area contributed by atoms with Crippen molar-refractivity contribution in [1.29, 1.82) is 0 Å². The van der Waals surface area contributed by atoms with Crippen LogP contribution < -0.4 is 5.32 Å². The van der Waals surface area contributed by atoms with Gasteiger partial charge in [-0.25, -0.2) is 4.39 Å². The van der Waals surface area contributed by atoms with Gasteiger partial charge >= 0.3 is 0 Å². The number of alkyl halides is 1. The second-order valence-corrected chi connectivity index (χ2v) is 7.65. The number of carbonyl (C=O) groups excluding carboxylic acids is 1. The number of nitrogens with zero attached hydrogens (tertiary/aromatic N) is 4. The summed E-state index contributed by atoms with van der Waals surface area (Å²) in [4.78, 5) is 17.0. The van der Waals surface area contributed by atoms with E-state index in [1.807, 2.05) is 0 Å². The Morgan fingerprint density at radius 1 is 1.28 bits per heavy atom. The summed E-state index contributed by atoms with van der Waals surface area (Å²) in [5, 5.41) is 15.1. The van der Waals surface area contributed by atoms with E-state index in [9.17, 15) is 9.18 Å². The van der Waals surface area contributed by atoms with Crippen LogP contribution in [-0.2, 0) is 6.54 Å². The van der Waals surface area contributed by atoms with Crippen molar-refractivity contribution in [3.05, 3.63) is 59.5 Å². The van der Waals surface area contributed by atoms with Gasteiger partial charge in [0.05, 0.1) is 46.4 Å². The molecule has 0 aliphatic heterocycles. The lowest BCUT2D eigenvalue weighted by Gasteiger charge is -2.14. The number of aromatic nitrogens is 5. The number of hydrogen-bond acceptors (Lipinski definition) is 4. The molecule has 0 unspecified atom stereocenters. The van der Waals surface area contributed by atoms with Gasteiger partial charge in [-0.3, -0.25) is 19.6 Å². The van der Waals surface area contributed by atoms with E-state index in [2.05, 4.69) is 25.6 Å². The van der Waals surface area contributed by atoms with Gasteiger partial charge in [-0.15, -0.1) is 0 Å². The molecule has 9 heteroatoms. The smallest absolute Gasteiger partial charge is 0.257 e. The Balaban J connectivity index is 1.67. The summed E-state index contributed by atoms with van der Waals surface area (Å²) < 4.78 is 15.7. The Labute approximate surface area is 170 Å². The van der Waals surface area contributed by atoms with Crippen LogP contribution in [0.25, 0.3) is 22.3 Å². The third kappa shape index (κ3) is 3.97. The van der Waals surface area contributed by atoms with Crippen molar-refractivity contribution in [3.63, 3.8) is 0 Å². The molecule has 4 aromatic rings. The van der Waals surface area contributed by atoms with Gasteiger partial charge in [-0.1, -0.05) is 23.7 Å². The number of halogens is 2. The Morgan fingerprint density at radius 3 is 2.83 bits per heavy atom. The quantitative estimate of drug-likeness (QED) is 0.506. The molecule has 0 spiro atoms. The SMILES string of the molecule is CC(C)(F)Cn1ncc2cnc(-c3[nH]ncc3NC(=O)c3ccccc3Cl)cc21. The lowest BCUT2D eigenvalue weighted by molar-refractivity contribution is 0.102. The molecule has 0 radical (unpaired) electrons. The molecule has 7 nitrogen and oxygen atoms in total. The zero-order chi connectivity index (χ0) is 20.6. The van der Waals surface area contributed by atoms with Crippen LogP contribution in [0.5, 0.6) is 0 Å². The third-order valence-electron chi connectivity index (χ3n) is 4.31. The van der Waals surface area contributed by atoms with Crippen molar-refractivity contribution < 1.29 is 9.18 Å². The van der Waals surface area contributed by atoms with E-state index in [1.165, 1.54) is 20.0 Å². The second kappa shape index (κ2) is 7.29. The predicted octanol–water partition coefficient (Wildman–Crippen LogP) is 4.48. The van der Waals surface area contributed by atoms with E-state index in [0.717, 1.165) is 10.9 Å². The van der Waals surface area contributed by atoms with Crippen LogP contribution in [0.4, 0.5) is 10.1 Å². The highest BCUT2D eigenvalue weighted by Crippen LogP contribution is 2.28. The fourth-order valence-electron chi connectivity index (χ4n) is 3.00. The molecule has 0 saturated heterocycles. The number of hydrogen-bond donors (Lipinski definition) is 2. The zero-order valence-corrected chi connectivity index (χ0v) is 16.5. The topological polar surface area (TPSA) is 88.5 Å². The van der Waals surface area contributed by atoms with E-state index in [0.29, 0.717) is 27.7 Å². The molecule has 148 valence electrons. The minimum absolute atomic E-state index is 0.110. The summed E-state index contributed by atoms with van der Waals surface area (Å²) in [6.07, 6.45) is 4.79. The summed E-state index contributed by atoms with van der Waals surface area (Å²) in [5.74, 6) is -0.358.